The van der Waals surface area contributed by atoms with E-state index in [-0.39, 0.29) is 12.1 Å². The summed E-state index contributed by atoms with van der Waals surface area (Å²) in [5, 5.41) is 14.9. The molecule has 1 aromatic rings. The lowest BCUT2D eigenvalue weighted by molar-refractivity contribution is -0.144. The number of nitrogens with one attached hydrogen (secondary N) is 2. The number of carboxylic acids is 1. The highest BCUT2D eigenvalue weighted by Gasteiger charge is 2.45. The van der Waals surface area contributed by atoms with Crippen LogP contribution in [0.2, 0.25) is 0 Å². The number of benzene rings is 1. The molecule has 2 unspecified atom stereocenters. The Bertz CT molecular complexity index is 538. The Kier molecular flexibility index (Phi) is 3.57. The lowest BCUT2D eigenvalue weighted by Gasteiger charge is -2.25. The maximum Gasteiger partial charge on any atom is 0.329 e. The van der Waals surface area contributed by atoms with Gasteiger partial charge in [0.2, 0.25) is 0 Å². The van der Waals surface area contributed by atoms with Crippen LogP contribution in [0.5, 0.6) is 0 Å². The molecule has 0 heterocycles. The molecule has 0 bridgehead atoms. The van der Waals surface area contributed by atoms with Crippen LogP contribution in [0.25, 0.3) is 0 Å². The third-order valence-corrected chi connectivity index (χ3v) is 4.55. The minimum absolute atomic E-state index is 0.111. The zero-order valence-corrected chi connectivity index (χ0v) is 11.8. The molecule has 2 aliphatic rings. The van der Waals surface area contributed by atoms with Crippen molar-refractivity contribution in [3.63, 3.8) is 0 Å². The number of hydrogen-bond donors (Lipinski definition) is 3. The molecule has 0 radical (unpaired) electrons. The van der Waals surface area contributed by atoms with Crippen molar-refractivity contribution in [2.45, 2.75) is 49.6 Å². The second-order valence-corrected chi connectivity index (χ2v) is 6.05. The number of hydrogen-bond acceptors (Lipinski definition) is 2. The first-order chi connectivity index (χ1) is 10.1. The summed E-state index contributed by atoms with van der Waals surface area (Å²) in [5.41, 5.74) is 0.151. The number of carbonyl (C=O) groups excluding carboxylic acids is 1. The molecule has 0 saturated heterocycles. The van der Waals surface area contributed by atoms with E-state index in [9.17, 15) is 14.7 Å². The Balaban J connectivity index is 1.55. The molecule has 1 aromatic carbocycles. The van der Waals surface area contributed by atoms with Crippen LogP contribution in [-0.2, 0) is 4.79 Å². The third kappa shape index (κ3) is 2.86. The van der Waals surface area contributed by atoms with Gasteiger partial charge < -0.3 is 15.7 Å². The van der Waals surface area contributed by atoms with Crippen molar-refractivity contribution >= 4 is 12.0 Å². The predicted octanol–water partition coefficient (Wildman–Crippen LogP) is 2.24. The Morgan fingerprint density at radius 2 is 1.81 bits per heavy atom. The molecule has 2 atom stereocenters. The molecule has 5 nitrogen and oxygen atoms in total. The molecule has 112 valence electrons. The van der Waals surface area contributed by atoms with Crippen LogP contribution in [0, 0.1) is 0 Å². The average molecular weight is 288 g/mol. The van der Waals surface area contributed by atoms with E-state index in [0.29, 0.717) is 18.8 Å². The van der Waals surface area contributed by atoms with E-state index in [0.717, 1.165) is 19.3 Å². The summed E-state index contributed by atoms with van der Waals surface area (Å²) >= 11 is 0. The summed E-state index contributed by atoms with van der Waals surface area (Å²) in [6.07, 6.45) is 3.65. The number of carbonyl (C=O) groups is 2. The van der Waals surface area contributed by atoms with Gasteiger partial charge in [0.1, 0.15) is 5.54 Å². The first-order valence-electron chi connectivity index (χ1n) is 7.48. The predicted molar refractivity (Wildman–Crippen MR) is 78.1 cm³/mol. The minimum Gasteiger partial charge on any atom is -0.480 e. The van der Waals surface area contributed by atoms with Crippen molar-refractivity contribution < 1.29 is 14.7 Å². The van der Waals surface area contributed by atoms with E-state index in [2.05, 4.69) is 22.8 Å². The van der Waals surface area contributed by atoms with Gasteiger partial charge in [-0.05, 0) is 24.8 Å². The molecule has 0 aromatic heterocycles. The van der Waals surface area contributed by atoms with Crippen LogP contribution in [0.1, 0.15) is 43.6 Å². The fourth-order valence-electron chi connectivity index (χ4n) is 3.22. The van der Waals surface area contributed by atoms with Crippen molar-refractivity contribution in [3.8, 4) is 0 Å². The van der Waals surface area contributed by atoms with Gasteiger partial charge in [0, 0.05) is 12.0 Å². The van der Waals surface area contributed by atoms with Crippen LogP contribution in [0.15, 0.2) is 30.3 Å². The summed E-state index contributed by atoms with van der Waals surface area (Å²) in [6, 6.07) is 9.81. The second kappa shape index (κ2) is 5.39. The highest BCUT2D eigenvalue weighted by atomic mass is 16.4. The number of amides is 2. The highest BCUT2D eigenvalue weighted by Crippen LogP contribution is 2.40. The smallest absolute Gasteiger partial charge is 0.329 e. The molecule has 2 amide bonds. The maximum absolute atomic E-state index is 12.1. The number of aliphatic carboxylic acids is 1. The van der Waals surface area contributed by atoms with E-state index in [1.165, 1.54) is 5.56 Å². The summed E-state index contributed by atoms with van der Waals surface area (Å²) in [5.74, 6) is -0.577. The first-order valence-corrected chi connectivity index (χ1v) is 7.48. The summed E-state index contributed by atoms with van der Waals surface area (Å²) in [7, 11) is 0. The van der Waals surface area contributed by atoms with E-state index >= 15 is 0 Å². The molecule has 2 saturated carbocycles. The molecular weight excluding hydrogens is 268 g/mol. The van der Waals surface area contributed by atoms with Crippen molar-refractivity contribution in [2.75, 3.05) is 0 Å². The van der Waals surface area contributed by atoms with Gasteiger partial charge in [0.05, 0.1) is 0 Å². The van der Waals surface area contributed by atoms with Gasteiger partial charge in [0.15, 0.2) is 0 Å². The highest BCUT2D eigenvalue weighted by molar-refractivity contribution is 5.86. The normalized spacial score (nSPS) is 26.1. The van der Waals surface area contributed by atoms with Crippen LogP contribution in [0.4, 0.5) is 4.79 Å². The van der Waals surface area contributed by atoms with E-state index < -0.39 is 11.5 Å². The lowest BCUT2D eigenvalue weighted by Crippen LogP contribution is -2.55. The molecule has 3 N–H and O–H groups in total. The zero-order valence-electron chi connectivity index (χ0n) is 11.8. The van der Waals surface area contributed by atoms with Crippen LogP contribution in [0.3, 0.4) is 0 Å². The number of urea groups is 1. The van der Waals surface area contributed by atoms with Crippen molar-refractivity contribution in [1.29, 1.82) is 0 Å². The molecule has 2 aliphatic carbocycles. The molecule has 0 spiro atoms. The Morgan fingerprint density at radius 1 is 1.14 bits per heavy atom. The third-order valence-electron chi connectivity index (χ3n) is 4.55. The van der Waals surface area contributed by atoms with Crippen LogP contribution in [-0.4, -0.2) is 28.7 Å². The average Bonchev–Trinajstić information content (AvgIpc) is 3.06. The minimum atomic E-state index is -1.07. The van der Waals surface area contributed by atoms with E-state index in [1.54, 1.807) is 0 Å². The Hall–Kier alpha value is -2.04. The SMILES string of the molecule is O=C(NC1CC1c1ccccc1)NC1(C(=O)O)CCCC1. The number of carboxylic acid groups (broad SMARTS) is 1. The van der Waals surface area contributed by atoms with Gasteiger partial charge in [-0.2, -0.15) is 0 Å². The molecule has 3 rings (SSSR count). The van der Waals surface area contributed by atoms with Gasteiger partial charge in [0.25, 0.3) is 0 Å². The Labute approximate surface area is 123 Å². The summed E-state index contributed by atoms with van der Waals surface area (Å²) < 4.78 is 0. The molecule has 0 aliphatic heterocycles. The number of rotatable bonds is 4. The van der Waals surface area contributed by atoms with E-state index in [1.807, 2.05) is 18.2 Å². The largest absolute Gasteiger partial charge is 0.480 e. The van der Waals surface area contributed by atoms with E-state index in [4.69, 9.17) is 0 Å². The maximum atomic E-state index is 12.1. The van der Waals surface area contributed by atoms with Gasteiger partial charge in [-0.1, -0.05) is 43.2 Å². The molecule has 5 heteroatoms. The fraction of sp³-hybridized carbons (Fsp3) is 0.500. The van der Waals surface area contributed by atoms with Gasteiger partial charge in [-0.3, -0.25) is 0 Å². The van der Waals surface area contributed by atoms with Crippen LogP contribution >= 0.6 is 0 Å². The summed E-state index contributed by atoms with van der Waals surface area (Å²) in [4.78, 5) is 23.5. The van der Waals surface area contributed by atoms with Crippen molar-refractivity contribution in [3.05, 3.63) is 35.9 Å². The topological polar surface area (TPSA) is 78.4 Å². The van der Waals surface area contributed by atoms with Crippen LogP contribution < -0.4 is 10.6 Å². The van der Waals surface area contributed by atoms with Crippen molar-refractivity contribution in [2.24, 2.45) is 0 Å². The van der Waals surface area contributed by atoms with Gasteiger partial charge in [-0.15, -0.1) is 0 Å². The van der Waals surface area contributed by atoms with Gasteiger partial charge in [-0.25, -0.2) is 9.59 Å². The first kappa shape index (κ1) is 13.9. The quantitative estimate of drug-likeness (QED) is 0.795. The van der Waals surface area contributed by atoms with Gasteiger partial charge >= 0.3 is 12.0 Å². The standard InChI is InChI=1S/C16H20N2O3/c19-14(20)16(8-4-5-9-16)18-15(21)17-13-10-12(13)11-6-2-1-3-7-11/h1-3,6-7,12-13H,4-5,8-10H2,(H,19,20)(H2,17,18,21). The fourth-order valence-corrected chi connectivity index (χ4v) is 3.22. The summed E-state index contributed by atoms with van der Waals surface area (Å²) in [6.45, 7) is 0. The molecule has 21 heavy (non-hydrogen) atoms. The molecule has 2 fully saturated rings. The second-order valence-electron chi connectivity index (χ2n) is 6.05. The molecular formula is C16H20N2O3. The monoisotopic (exact) mass is 288 g/mol. The Morgan fingerprint density at radius 3 is 2.43 bits per heavy atom. The lowest BCUT2D eigenvalue weighted by atomic mass is 9.98. The van der Waals surface area contributed by atoms with Crippen molar-refractivity contribution in [1.82, 2.24) is 10.6 Å². The zero-order chi connectivity index (χ0) is 14.9.